The van der Waals surface area contributed by atoms with E-state index in [1.807, 2.05) is 0 Å². The molecule has 0 spiro atoms. The summed E-state index contributed by atoms with van der Waals surface area (Å²) in [7, 11) is 0. The number of hydrogen-bond donors (Lipinski definition) is 3. The summed E-state index contributed by atoms with van der Waals surface area (Å²) < 4.78 is 1.45. The highest BCUT2D eigenvalue weighted by molar-refractivity contribution is 6.36. The van der Waals surface area contributed by atoms with Crippen LogP contribution in [-0.4, -0.2) is 98.4 Å². The lowest BCUT2D eigenvalue weighted by molar-refractivity contribution is -0.139. The molecule has 0 radical (unpaired) electrons. The number of aliphatic hydroxyl groups excluding tert-OH is 1. The second-order valence-corrected chi connectivity index (χ2v) is 10.6. The maximum atomic E-state index is 12.0. The van der Waals surface area contributed by atoms with Crippen molar-refractivity contribution in [1.82, 2.24) is 29.4 Å². The van der Waals surface area contributed by atoms with Gasteiger partial charge in [-0.25, -0.2) is 4.98 Å². The van der Waals surface area contributed by atoms with E-state index in [-0.39, 0.29) is 30.6 Å². The summed E-state index contributed by atoms with van der Waals surface area (Å²) in [4.78, 5) is 27.2. The van der Waals surface area contributed by atoms with E-state index in [9.17, 15) is 15.3 Å². The monoisotopic (exact) mass is 561 g/mol. The van der Waals surface area contributed by atoms with Crippen LogP contribution in [0.5, 0.6) is 0 Å². The Kier molecular flexibility index (Phi) is 7.02. The summed E-state index contributed by atoms with van der Waals surface area (Å²) in [5, 5.41) is 39.7. The Morgan fingerprint density at radius 3 is 2.60 bits per heavy atom. The number of anilines is 4. The number of halogens is 1. The number of aromatic nitrogens is 4. The van der Waals surface area contributed by atoms with E-state index in [1.54, 1.807) is 17.0 Å². The van der Waals surface area contributed by atoms with Gasteiger partial charge in [0.05, 0.1) is 40.8 Å². The molecular formula is C26H28ClN11O2. The van der Waals surface area contributed by atoms with Crippen molar-refractivity contribution in [3.63, 3.8) is 0 Å². The Morgan fingerprint density at radius 1 is 1.15 bits per heavy atom. The lowest BCUT2D eigenvalue weighted by Crippen LogP contribution is -2.64. The molecule has 2 aliphatic heterocycles. The van der Waals surface area contributed by atoms with E-state index in [2.05, 4.69) is 47.6 Å². The van der Waals surface area contributed by atoms with Crippen molar-refractivity contribution in [3.05, 3.63) is 34.6 Å². The summed E-state index contributed by atoms with van der Waals surface area (Å²) in [5.41, 5.74) is 2.43. The molecular weight excluding hydrogens is 534 g/mol. The molecule has 0 bridgehead atoms. The molecule has 6 rings (SSSR count). The number of rotatable bonds is 8. The fourth-order valence-electron chi connectivity index (χ4n) is 5.12. The fraction of sp³-hybridized carbons (Fsp3) is 0.462. The number of likely N-dealkylation sites (tertiary alicyclic amines) is 1. The van der Waals surface area contributed by atoms with Crippen LogP contribution < -0.4 is 15.5 Å². The lowest BCUT2D eigenvalue weighted by atomic mass is 10.0. The number of amides is 1. The summed E-state index contributed by atoms with van der Waals surface area (Å²) >= 11 is 6.90. The first-order valence-electron chi connectivity index (χ1n) is 13.3. The Hall–Kier alpha value is -4.17. The van der Waals surface area contributed by atoms with Crippen molar-refractivity contribution in [1.29, 1.82) is 10.5 Å². The van der Waals surface area contributed by atoms with Crippen molar-refractivity contribution in [2.75, 3.05) is 61.4 Å². The number of hydrogen-bond acceptors (Lipinski definition) is 11. The van der Waals surface area contributed by atoms with Crippen LogP contribution in [0.1, 0.15) is 30.5 Å². The first-order chi connectivity index (χ1) is 19.5. The first kappa shape index (κ1) is 26.1. The number of nitrogens with zero attached hydrogens (tertiary/aromatic N) is 9. The number of fused-ring (bicyclic) bond motifs is 1. The molecule has 13 nitrogen and oxygen atoms in total. The number of piperazine rings is 1. The zero-order valence-corrected chi connectivity index (χ0v) is 22.5. The molecule has 1 aliphatic carbocycles. The quantitative estimate of drug-likeness (QED) is 0.366. The summed E-state index contributed by atoms with van der Waals surface area (Å²) in [6.07, 6.45) is 3.71. The molecule has 1 saturated carbocycles. The minimum atomic E-state index is -0.123. The van der Waals surface area contributed by atoms with Gasteiger partial charge < -0.3 is 25.5 Å². The average molecular weight is 562 g/mol. The second kappa shape index (κ2) is 10.8. The highest BCUT2D eigenvalue weighted by Gasteiger charge is 2.36. The van der Waals surface area contributed by atoms with Gasteiger partial charge in [0.15, 0.2) is 17.2 Å². The largest absolute Gasteiger partial charge is 0.396 e. The van der Waals surface area contributed by atoms with Crippen LogP contribution >= 0.6 is 11.6 Å². The van der Waals surface area contributed by atoms with Crippen LogP contribution in [0, 0.1) is 22.7 Å². The topological polar surface area (TPSA) is 162 Å². The maximum Gasteiger partial charge on any atom is 0.247 e. The van der Waals surface area contributed by atoms with E-state index < -0.39 is 0 Å². The van der Waals surface area contributed by atoms with E-state index in [4.69, 9.17) is 16.7 Å². The Balaban J connectivity index is 1.20. The zero-order valence-electron chi connectivity index (χ0n) is 21.7. The molecule has 3 N–H and O–H groups in total. The van der Waals surface area contributed by atoms with Crippen molar-refractivity contribution >= 4 is 46.3 Å². The molecule has 1 aromatic carbocycles. The number of carbonyl (C=O) groups excluding carboxylic acids is 1. The molecule has 40 heavy (non-hydrogen) atoms. The van der Waals surface area contributed by atoms with Crippen LogP contribution in [0.4, 0.5) is 23.1 Å². The molecule has 2 aromatic heterocycles. The lowest BCUT2D eigenvalue weighted by Gasteiger charge is -2.48. The second-order valence-electron chi connectivity index (χ2n) is 10.2. The minimum absolute atomic E-state index is 0.00651. The van der Waals surface area contributed by atoms with E-state index in [0.29, 0.717) is 66.0 Å². The number of benzene rings is 1. The fourth-order valence-corrected chi connectivity index (χ4v) is 5.39. The summed E-state index contributed by atoms with van der Waals surface area (Å²) in [5.74, 6) is 0.745. The smallest absolute Gasteiger partial charge is 0.247 e. The third-order valence-electron chi connectivity index (χ3n) is 7.54. The molecule has 1 amide bonds. The molecule has 2 saturated heterocycles. The van der Waals surface area contributed by atoms with Crippen molar-refractivity contribution in [2.24, 2.45) is 0 Å². The number of nitriles is 2. The molecule has 3 aromatic rings. The van der Waals surface area contributed by atoms with Gasteiger partial charge in [-0.05, 0) is 25.0 Å². The predicted molar refractivity (Wildman–Crippen MR) is 147 cm³/mol. The van der Waals surface area contributed by atoms with Crippen LogP contribution in [0.15, 0.2) is 18.3 Å². The van der Waals surface area contributed by atoms with Crippen molar-refractivity contribution < 1.29 is 9.90 Å². The Bertz CT molecular complexity index is 1530. The van der Waals surface area contributed by atoms with Gasteiger partial charge in [-0.3, -0.25) is 9.69 Å². The number of carbonyl (C=O) groups is 1. The SMILES string of the molecule is N#Cc1cc(Nc2nc(NC3CC3)c3ncc(C#N)n3n2)c(Cl)c(N2CCN(C3CN(C(=O)CCO)C3)CC2)c1. The molecule has 3 fully saturated rings. The minimum Gasteiger partial charge on any atom is -0.396 e. The van der Waals surface area contributed by atoms with Gasteiger partial charge in [-0.15, -0.1) is 5.10 Å². The van der Waals surface area contributed by atoms with Crippen molar-refractivity contribution in [3.8, 4) is 12.1 Å². The Labute approximate surface area is 235 Å². The van der Waals surface area contributed by atoms with Gasteiger partial charge in [0.1, 0.15) is 6.07 Å². The van der Waals surface area contributed by atoms with Gasteiger partial charge >= 0.3 is 0 Å². The maximum absolute atomic E-state index is 12.0. The third-order valence-corrected chi connectivity index (χ3v) is 7.93. The van der Waals surface area contributed by atoms with Gasteiger partial charge in [-0.1, -0.05) is 11.6 Å². The highest BCUT2D eigenvalue weighted by atomic mass is 35.5. The Morgan fingerprint density at radius 2 is 1.93 bits per heavy atom. The molecule has 0 atom stereocenters. The normalized spacial score (nSPS) is 17.8. The third kappa shape index (κ3) is 5.07. The van der Waals surface area contributed by atoms with Gasteiger partial charge in [0.25, 0.3) is 0 Å². The van der Waals surface area contributed by atoms with Gasteiger partial charge in [0.2, 0.25) is 11.9 Å². The van der Waals surface area contributed by atoms with E-state index >= 15 is 0 Å². The molecule has 14 heteroatoms. The van der Waals surface area contributed by atoms with E-state index in [0.717, 1.165) is 31.6 Å². The predicted octanol–water partition coefficient (Wildman–Crippen LogP) is 1.55. The highest BCUT2D eigenvalue weighted by Crippen LogP contribution is 2.37. The van der Waals surface area contributed by atoms with Gasteiger partial charge in [-0.2, -0.15) is 20.0 Å². The number of aliphatic hydroxyl groups is 1. The molecule has 206 valence electrons. The summed E-state index contributed by atoms with van der Waals surface area (Å²) in [6.45, 7) is 4.28. The van der Waals surface area contributed by atoms with Crippen LogP contribution in [0.2, 0.25) is 5.02 Å². The van der Waals surface area contributed by atoms with Crippen LogP contribution in [0.25, 0.3) is 5.65 Å². The number of imidazole rings is 1. The molecule has 4 heterocycles. The standard InChI is InChI=1S/C26H28ClN11O2/c27-23-20(32-26-33-24(31-17-1-2-17)25-30-13-18(12-29)38(25)34-26)9-16(11-28)10-21(23)36-6-4-35(5-7-36)19-14-37(15-19)22(40)3-8-39/h9-10,13,17,19,39H,1-8,14-15H2,(H2,31,32,33,34). The van der Waals surface area contributed by atoms with Crippen LogP contribution in [-0.2, 0) is 4.79 Å². The first-order valence-corrected chi connectivity index (χ1v) is 13.7. The average Bonchev–Trinajstić information content (AvgIpc) is 3.65. The van der Waals surface area contributed by atoms with Gasteiger partial charge in [0, 0.05) is 57.8 Å². The number of nitrogens with one attached hydrogen (secondary N) is 2. The van der Waals surface area contributed by atoms with Crippen molar-refractivity contribution in [2.45, 2.75) is 31.3 Å². The van der Waals surface area contributed by atoms with Crippen LogP contribution in [0.3, 0.4) is 0 Å². The zero-order chi connectivity index (χ0) is 27.8. The summed E-state index contributed by atoms with van der Waals surface area (Å²) in [6, 6.07) is 8.39. The van der Waals surface area contributed by atoms with E-state index in [1.165, 1.54) is 10.7 Å². The molecule has 3 aliphatic rings. The molecule has 0 unspecified atom stereocenters.